The number of carboxylic acid groups (broad SMARTS) is 1. The molecule has 0 aliphatic heterocycles. The van der Waals surface area contributed by atoms with Crippen molar-refractivity contribution in [2.24, 2.45) is 5.92 Å². The summed E-state index contributed by atoms with van der Waals surface area (Å²) in [6.45, 7) is 3.21. The molecule has 0 heterocycles. The summed E-state index contributed by atoms with van der Waals surface area (Å²) in [5, 5.41) is 8.41. The summed E-state index contributed by atoms with van der Waals surface area (Å²) in [6.07, 6.45) is 0.455. The molecule has 0 aromatic rings. The van der Waals surface area contributed by atoms with Gasteiger partial charge < -0.3 is 5.11 Å². The van der Waals surface area contributed by atoms with Crippen LogP contribution in [-0.2, 0) is 9.59 Å². The summed E-state index contributed by atoms with van der Waals surface area (Å²) in [5.41, 5.74) is 0.313. The molecular weight excluding hydrogens is 132 g/mol. The van der Waals surface area contributed by atoms with Crippen molar-refractivity contribution in [1.29, 1.82) is 0 Å². The van der Waals surface area contributed by atoms with Crippen LogP contribution in [0, 0.1) is 5.92 Å². The zero-order valence-electron chi connectivity index (χ0n) is 6.05. The van der Waals surface area contributed by atoms with E-state index in [0.717, 1.165) is 0 Å². The van der Waals surface area contributed by atoms with Gasteiger partial charge in [-0.1, -0.05) is 6.92 Å². The number of hydrogen-bond donors (Lipinski definition) is 1. The summed E-state index contributed by atoms with van der Waals surface area (Å²) < 4.78 is 0. The van der Waals surface area contributed by atoms with Crippen molar-refractivity contribution < 1.29 is 14.7 Å². The fourth-order valence-electron chi connectivity index (χ4n) is 0.616. The summed E-state index contributed by atoms with van der Waals surface area (Å²) in [7, 11) is 0. The van der Waals surface area contributed by atoms with Crippen molar-refractivity contribution in [1.82, 2.24) is 0 Å². The molecule has 0 rings (SSSR count). The second kappa shape index (κ2) is 3.85. The van der Waals surface area contributed by atoms with E-state index in [4.69, 9.17) is 5.11 Å². The molecule has 0 fully saturated rings. The van der Waals surface area contributed by atoms with Crippen molar-refractivity contribution in [3.63, 3.8) is 0 Å². The highest BCUT2D eigenvalue weighted by Gasteiger charge is 2.15. The van der Waals surface area contributed by atoms with Crippen molar-refractivity contribution in [3.8, 4) is 0 Å². The van der Waals surface area contributed by atoms with E-state index in [2.05, 4.69) is 0 Å². The van der Waals surface area contributed by atoms with E-state index in [1.54, 1.807) is 12.9 Å². The maximum absolute atomic E-state index is 10.3. The average molecular weight is 142 g/mol. The Hall–Kier alpha value is -1.08. The minimum absolute atomic E-state index is 0.313. The number of carbonyl (C=O) groups excluding carboxylic acids is 1. The Morgan fingerprint density at radius 1 is 1.70 bits per heavy atom. The van der Waals surface area contributed by atoms with E-state index in [1.807, 2.05) is 0 Å². The predicted molar refractivity (Wildman–Crippen MR) is 36.3 cm³/mol. The summed E-state index contributed by atoms with van der Waals surface area (Å²) >= 11 is 0. The van der Waals surface area contributed by atoms with Gasteiger partial charge in [0, 0.05) is 5.57 Å². The normalized spacial score (nSPS) is 11.8. The SMILES string of the molecule is CCC(=C=O)C(C)C(=O)O. The van der Waals surface area contributed by atoms with Crippen LogP contribution >= 0.6 is 0 Å². The third kappa shape index (κ3) is 2.03. The molecule has 0 aliphatic rings. The topological polar surface area (TPSA) is 54.4 Å². The van der Waals surface area contributed by atoms with Crippen LogP contribution in [0.5, 0.6) is 0 Å². The van der Waals surface area contributed by atoms with Crippen LogP contribution in [0.4, 0.5) is 0 Å². The first-order chi connectivity index (χ1) is 4.63. The van der Waals surface area contributed by atoms with Gasteiger partial charge in [0.1, 0.15) is 5.94 Å². The van der Waals surface area contributed by atoms with E-state index in [0.29, 0.717) is 12.0 Å². The molecule has 0 aliphatic carbocycles. The van der Waals surface area contributed by atoms with E-state index >= 15 is 0 Å². The quantitative estimate of drug-likeness (QED) is 0.595. The largest absolute Gasteiger partial charge is 0.481 e. The molecule has 1 atom stereocenters. The molecule has 3 nitrogen and oxygen atoms in total. The molecule has 0 radical (unpaired) electrons. The molecule has 0 spiro atoms. The van der Waals surface area contributed by atoms with Gasteiger partial charge in [-0.3, -0.25) is 4.79 Å². The molecule has 0 amide bonds. The lowest BCUT2D eigenvalue weighted by atomic mass is 10.0. The van der Waals surface area contributed by atoms with E-state index < -0.39 is 11.9 Å². The first kappa shape index (κ1) is 8.92. The minimum atomic E-state index is -0.972. The van der Waals surface area contributed by atoms with Crippen molar-refractivity contribution in [2.45, 2.75) is 20.3 Å². The van der Waals surface area contributed by atoms with Gasteiger partial charge in [0.15, 0.2) is 0 Å². The van der Waals surface area contributed by atoms with Gasteiger partial charge in [0.2, 0.25) is 0 Å². The Balaban J connectivity index is 4.32. The van der Waals surface area contributed by atoms with Crippen LogP contribution in [0.15, 0.2) is 5.57 Å². The minimum Gasteiger partial charge on any atom is -0.481 e. The third-order valence-electron chi connectivity index (χ3n) is 1.41. The van der Waals surface area contributed by atoms with Crippen LogP contribution in [0.3, 0.4) is 0 Å². The highest BCUT2D eigenvalue weighted by molar-refractivity contribution is 5.76. The van der Waals surface area contributed by atoms with Gasteiger partial charge in [0.25, 0.3) is 0 Å². The number of carboxylic acids is 1. The lowest BCUT2D eigenvalue weighted by Gasteiger charge is -2.02. The molecule has 1 N–H and O–H groups in total. The average Bonchev–Trinajstić information content (AvgIpc) is 1.90. The van der Waals surface area contributed by atoms with Gasteiger partial charge in [-0.05, 0) is 13.3 Å². The second-order valence-corrected chi connectivity index (χ2v) is 2.04. The number of carbonyl (C=O) groups is 1. The lowest BCUT2D eigenvalue weighted by Crippen LogP contribution is -2.12. The molecule has 56 valence electrons. The molecule has 3 heteroatoms. The lowest BCUT2D eigenvalue weighted by molar-refractivity contribution is -0.139. The smallest absolute Gasteiger partial charge is 0.311 e. The second-order valence-electron chi connectivity index (χ2n) is 2.04. The maximum atomic E-state index is 10.3. The highest BCUT2D eigenvalue weighted by atomic mass is 16.4. The van der Waals surface area contributed by atoms with Crippen LogP contribution in [0.2, 0.25) is 0 Å². The Morgan fingerprint density at radius 2 is 2.20 bits per heavy atom. The van der Waals surface area contributed by atoms with Crippen molar-refractivity contribution in [2.75, 3.05) is 0 Å². The van der Waals surface area contributed by atoms with Crippen molar-refractivity contribution in [3.05, 3.63) is 5.57 Å². The van der Waals surface area contributed by atoms with Crippen LogP contribution in [0.1, 0.15) is 20.3 Å². The molecule has 0 bridgehead atoms. The Morgan fingerprint density at radius 3 is 2.30 bits per heavy atom. The summed E-state index contributed by atoms with van der Waals surface area (Å²) in [5.74, 6) is -0.0455. The fourth-order valence-corrected chi connectivity index (χ4v) is 0.616. The Labute approximate surface area is 59.4 Å². The van der Waals surface area contributed by atoms with Crippen LogP contribution in [-0.4, -0.2) is 17.0 Å². The Kier molecular flexibility index (Phi) is 3.44. The molecule has 10 heavy (non-hydrogen) atoms. The monoisotopic (exact) mass is 142 g/mol. The number of hydrogen-bond acceptors (Lipinski definition) is 2. The highest BCUT2D eigenvalue weighted by Crippen LogP contribution is 2.09. The summed E-state index contributed by atoms with van der Waals surface area (Å²) in [4.78, 5) is 20.3. The van der Waals surface area contributed by atoms with Gasteiger partial charge in [-0.25, -0.2) is 4.79 Å². The first-order valence-corrected chi connectivity index (χ1v) is 3.10. The molecule has 0 aromatic carbocycles. The van der Waals surface area contributed by atoms with Crippen LogP contribution in [0.25, 0.3) is 0 Å². The van der Waals surface area contributed by atoms with E-state index in [-0.39, 0.29) is 0 Å². The Bertz CT molecular complexity index is 177. The molecule has 0 saturated heterocycles. The van der Waals surface area contributed by atoms with E-state index in [9.17, 15) is 9.59 Å². The van der Waals surface area contributed by atoms with Gasteiger partial charge in [-0.2, -0.15) is 0 Å². The first-order valence-electron chi connectivity index (χ1n) is 3.10. The van der Waals surface area contributed by atoms with E-state index in [1.165, 1.54) is 6.92 Å². The fraction of sp³-hybridized carbons (Fsp3) is 0.571. The van der Waals surface area contributed by atoms with Crippen molar-refractivity contribution >= 4 is 11.9 Å². The predicted octanol–water partition coefficient (Wildman–Crippen LogP) is 0.875. The van der Waals surface area contributed by atoms with Gasteiger partial charge in [-0.15, -0.1) is 0 Å². The zero-order chi connectivity index (χ0) is 8.15. The standard InChI is InChI=1S/C7H10O3/c1-3-6(4-8)5(2)7(9)10/h5H,3H2,1-2H3,(H,9,10). The number of aliphatic carboxylic acids is 1. The maximum Gasteiger partial charge on any atom is 0.311 e. The van der Waals surface area contributed by atoms with Gasteiger partial charge in [0.05, 0.1) is 5.92 Å². The summed E-state index contributed by atoms with van der Waals surface area (Å²) in [6, 6.07) is 0. The molecule has 0 saturated carbocycles. The molecule has 1 unspecified atom stereocenters. The molecule has 0 aromatic heterocycles. The zero-order valence-corrected chi connectivity index (χ0v) is 6.05. The number of rotatable bonds is 3. The van der Waals surface area contributed by atoms with Gasteiger partial charge >= 0.3 is 5.97 Å². The third-order valence-corrected chi connectivity index (χ3v) is 1.41. The molecular formula is C7H10O3. The van der Waals surface area contributed by atoms with Crippen LogP contribution < -0.4 is 0 Å².